The van der Waals surface area contributed by atoms with E-state index in [-0.39, 0.29) is 10.5 Å². The van der Waals surface area contributed by atoms with Crippen LogP contribution in [0.5, 0.6) is 5.75 Å². The molecular formula is C15H12FNO5S. The minimum Gasteiger partial charge on any atom is -0.493 e. The summed E-state index contributed by atoms with van der Waals surface area (Å²) in [6, 6.07) is 7.25. The Hall–Kier alpha value is -2.61. The van der Waals surface area contributed by atoms with Crippen molar-refractivity contribution in [3.63, 3.8) is 0 Å². The van der Waals surface area contributed by atoms with Crippen LogP contribution < -0.4 is 9.46 Å². The quantitative estimate of drug-likeness (QED) is 0.893. The van der Waals surface area contributed by atoms with Crippen LogP contribution in [-0.2, 0) is 16.4 Å². The average molecular weight is 337 g/mol. The summed E-state index contributed by atoms with van der Waals surface area (Å²) in [7, 11) is -4.04. The SMILES string of the molecule is O=C(O)c1ccc(F)c(NS(=O)(=O)c2ccc3c(c2)CCO3)c1. The Morgan fingerprint density at radius 1 is 1.22 bits per heavy atom. The minimum atomic E-state index is -4.04. The summed E-state index contributed by atoms with van der Waals surface area (Å²) in [4.78, 5) is 10.9. The van der Waals surface area contributed by atoms with Crippen LogP contribution in [0.25, 0.3) is 0 Å². The van der Waals surface area contributed by atoms with Crippen molar-refractivity contribution >= 4 is 21.7 Å². The lowest BCUT2D eigenvalue weighted by molar-refractivity contribution is 0.0697. The van der Waals surface area contributed by atoms with Gasteiger partial charge in [-0.15, -0.1) is 0 Å². The molecule has 0 spiro atoms. The maximum Gasteiger partial charge on any atom is 0.335 e. The number of carbonyl (C=O) groups is 1. The fraction of sp³-hybridized carbons (Fsp3) is 0.133. The molecule has 1 aliphatic rings. The van der Waals surface area contributed by atoms with Crippen molar-refractivity contribution in [2.75, 3.05) is 11.3 Å². The summed E-state index contributed by atoms with van der Waals surface area (Å²) in [5.74, 6) is -1.51. The first kappa shape index (κ1) is 15.3. The standard InChI is InChI=1S/C15H12FNO5S/c16-12-3-1-10(15(18)19)8-13(12)17-23(20,21)11-2-4-14-9(7-11)5-6-22-14/h1-4,7-8,17H,5-6H2,(H,18,19). The molecule has 0 fully saturated rings. The van der Waals surface area contributed by atoms with E-state index in [0.717, 1.165) is 23.8 Å². The predicted octanol–water partition coefficient (Wildman–Crippen LogP) is 2.26. The third-order valence-corrected chi connectivity index (χ3v) is 4.79. The van der Waals surface area contributed by atoms with Gasteiger partial charge in [0.15, 0.2) is 0 Å². The molecule has 2 aromatic carbocycles. The first-order chi connectivity index (χ1) is 10.9. The molecule has 1 heterocycles. The summed E-state index contributed by atoms with van der Waals surface area (Å²) in [5, 5.41) is 8.91. The fourth-order valence-corrected chi connectivity index (χ4v) is 3.38. The Kier molecular flexibility index (Phi) is 3.69. The highest BCUT2D eigenvalue weighted by Gasteiger charge is 2.21. The molecule has 0 unspecified atom stereocenters. The van der Waals surface area contributed by atoms with Crippen LogP contribution in [0, 0.1) is 5.82 Å². The summed E-state index contributed by atoms with van der Waals surface area (Å²) >= 11 is 0. The van der Waals surface area contributed by atoms with Crippen molar-refractivity contribution in [3.8, 4) is 5.75 Å². The molecule has 0 amide bonds. The molecule has 0 bridgehead atoms. The lowest BCUT2D eigenvalue weighted by Crippen LogP contribution is -2.14. The zero-order chi connectivity index (χ0) is 16.6. The number of sulfonamides is 1. The van der Waals surface area contributed by atoms with Gasteiger partial charge in [0, 0.05) is 6.42 Å². The molecule has 0 radical (unpaired) electrons. The number of hydrogen-bond donors (Lipinski definition) is 2. The number of carboxylic acid groups (broad SMARTS) is 1. The van der Waals surface area contributed by atoms with E-state index in [1.165, 1.54) is 12.1 Å². The third-order valence-electron chi connectivity index (χ3n) is 3.43. The summed E-state index contributed by atoms with van der Waals surface area (Å²) in [6.07, 6.45) is 0.599. The van der Waals surface area contributed by atoms with Gasteiger partial charge in [-0.25, -0.2) is 17.6 Å². The second-order valence-corrected chi connectivity index (χ2v) is 6.66. The van der Waals surface area contributed by atoms with Gasteiger partial charge < -0.3 is 9.84 Å². The maximum absolute atomic E-state index is 13.8. The number of benzene rings is 2. The summed E-state index contributed by atoms with van der Waals surface area (Å²) in [5.41, 5.74) is 0.126. The zero-order valence-electron chi connectivity index (χ0n) is 11.7. The molecule has 0 aromatic heterocycles. The Labute approximate surface area is 131 Å². The van der Waals surface area contributed by atoms with Gasteiger partial charge in [0.25, 0.3) is 10.0 Å². The fourth-order valence-electron chi connectivity index (χ4n) is 2.27. The van der Waals surface area contributed by atoms with Crippen LogP contribution >= 0.6 is 0 Å². The van der Waals surface area contributed by atoms with Gasteiger partial charge in [-0.05, 0) is 42.0 Å². The largest absolute Gasteiger partial charge is 0.493 e. The predicted molar refractivity (Wildman–Crippen MR) is 79.8 cm³/mol. The molecule has 2 aromatic rings. The van der Waals surface area contributed by atoms with E-state index in [2.05, 4.69) is 4.72 Å². The molecule has 1 aliphatic heterocycles. The molecule has 6 nitrogen and oxygen atoms in total. The van der Waals surface area contributed by atoms with Crippen molar-refractivity contribution in [1.29, 1.82) is 0 Å². The normalized spacial score (nSPS) is 13.3. The lowest BCUT2D eigenvalue weighted by atomic mass is 10.2. The van der Waals surface area contributed by atoms with Gasteiger partial charge in [0.05, 0.1) is 22.8 Å². The molecule has 8 heteroatoms. The van der Waals surface area contributed by atoms with Crippen molar-refractivity contribution in [2.45, 2.75) is 11.3 Å². The van der Waals surface area contributed by atoms with E-state index in [1.807, 2.05) is 0 Å². The van der Waals surface area contributed by atoms with Crippen LogP contribution in [0.2, 0.25) is 0 Å². The molecule has 120 valence electrons. The van der Waals surface area contributed by atoms with Gasteiger partial charge in [-0.3, -0.25) is 4.72 Å². The molecule has 3 rings (SSSR count). The Morgan fingerprint density at radius 3 is 2.74 bits per heavy atom. The van der Waals surface area contributed by atoms with E-state index in [9.17, 15) is 17.6 Å². The average Bonchev–Trinajstić information content (AvgIpc) is 2.96. The van der Waals surface area contributed by atoms with Gasteiger partial charge in [-0.1, -0.05) is 0 Å². The molecule has 2 N–H and O–H groups in total. The monoisotopic (exact) mass is 337 g/mol. The number of rotatable bonds is 4. The van der Waals surface area contributed by atoms with Crippen molar-refractivity contribution in [2.24, 2.45) is 0 Å². The first-order valence-corrected chi connectivity index (χ1v) is 8.16. The van der Waals surface area contributed by atoms with Crippen molar-refractivity contribution in [1.82, 2.24) is 0 Å². The second kappa shape index (κ2) is 5.54. The highest BCUT2D eigenvalue weighted by molar-refractivity contribution is 7.92. The van der Waals surface area contributed by atoms with E-state index in [1.54, 1.807) is 6.07 Å². The van der Waals surface area contributed by atoms with E-state index < -0.39 is 27.5 Å². The molecular weight excluding hydrogens is 325 g/mol. The van der Waals surface area contributed by atoms with Gasteiger partial charge in [-0.2, -0.15) is 0 Å². The van der Waals surface area contributed by atoms with Crippen LogP contribution in [0.3, 0.4) is 0 Å². The lowest BCUT2D eigenvalue weighted by Gasteiger charge is -2.10. The van der Waals surface area contributed by atoms with Gasteiger partial charge in [0.2, 0.25) is 0 Å². The molecule has 0 aliphatic carbocycles. The number of aromatic carboxylic acids is 1. The molecule has 0 saturated carbocycles. The number of fused-ring (bicyclic) bond motifs is 1. The van der Waals surface area contributed by atoms with Crippen molar-refractivity contribution in [3.05, 3.63) is 53.3 Å². The molecule has 0 atom stereocenters. The first-order valence-electron chi connectivity index (χ1n) is 6.68. The maximum atomic E-state index is 13.8. The van der Waals surface area contributed by atoms with E-state index >= 15 is 0 Å². The minimum absolute atomic E-state index is 0.0399. The molecule has 0 saturated heterocycles. The Balaban J connectivity index is 1.95. The highest BCUT2D eigenvalue weighted by atomic mass is 32.2. The van der Waals surface area contributed by atoms with Crippen LogP contribution in [0.1, 0.15) is 15.9 Å². The molecule has 23 heavy (non-hydrogen) atoms. The Morgan fingerprint density at radius 2 is 2.00 bits per heavy atom. The topological polar surface area (TPSA) is 92.7 Å². The smallest absolute Gasteiger partial charge is 0.335 e. The number of carboxylic acids is 1. The van der Waals surface area contributed by atoms with E-state index in [0.29, 0.717) is 18.8 Å². The number of anilines is 1. The van der Waals surface area contributed by atoms with Gasteiger partial charge in [0.1, 0.15) is 11.6 Å². The summed E-state index contributed by atoms with van der Waals surface area (Å²) < 4.78 is 45.9. The number of hydrogen-bond acceptors (Lipinski definition) is 4. The second-order valence-electron chi connectivity index (χ2n) is 4.97. The van der Waals surface area contributed by atoms with Gasteiger partial charge >= 0.3 is 5.97 Å². The van der Waals surface area contributed by atoms with Crippen LogP contribution in [0.15, 0.2) is 41.3 Å². The summed E-state index contributed by atoms with van der Waals surface area (Å²) in [6.45, 7) is 0.488. The third kappa shape index (κ3) is 2.98. The van der Waals surface area contributed by atoms with Crippen LogP contribution in [-0.4, -0.2) is 26.1 Å². The van der Waals surface area contributed by atoms with E-state index in [4.69, 9.17) is 9.84 Å². The highest BCUT2D eigenvalue weighted by Crippen LogP contribution is 2.29. The zero-order valence-corrected chi connectivity index (χ0v) is 12.6. The number of halogens is 1. The number of nitrogens with one attached hydrogen (secondary N) is 1. The van der Waals surface area contributed by atoms with Crippen LogP contribution in [0.4, 0.5) is 10.1 Å². The Bertz CT molecular complexity index is 895. The number of ether oxygens (including phenoxy) is 1. The van der Waals surface area contributed by atoms with Crippen molar-refractivity contribution < 1.29 is 27.4 Å².